The van der Waals surface area contributed by atoms with Gasteiger partial charge in [-0.3, -0.25) is 4.79 Å². The molecule has 2 N–H and O–H groups in total. The fraction of sp³-hybridized carbons (Fsp3) is 0.250. The zero-order chi connectivity index (χ0) is 14.8. The van der Waals surface area contributed by atoms with Gasteiger partial charge in [-0.1, -0.05) is 0 Å². The molecule has 0 saturated carbocycles. The van der Waals surface area contributed by atoms with Crippen LogP contribution in [0.4, 0.5) is 0 Å². The van der Waals surface area contributed by atoms with Gasteiger partial charge in [0.2, 0.25) is 0 Å². The van der Waals surface area contributed by atoms with E-state index in [1.54, 1.807) is 23.5 Å². The lowest BCUT2D eigenvalue weighted by atomic mass is 9.94. The van der Waals surface area contributed by atoms with Crippen LogP contribution in [-0.4, -0.2) is 17.0 Å². The first kappa shape index (κ1) is 13.8. The predicted octanol–water partition coefficient (Wildman–Crippen LogP) is 3.25. The lowest BCUT2D eigenvalue weighted by Gasteiger charge is -2.23. The Morgan fingerprint density at radius 1 is 1.14 bits per heavy atom. The summed E-state index contributed by atoms with van der Waals surface area (Å²) in [6, 6.07) is 8.15. The van der Waals surface area contributed by atoms with Gasteiger partial charge >= 0.3 is 5.97 Å². The third-order valence-corrected chi connectivity index (χ3v) is 4.75. The van der Waals surface area contributed by atoms with Crippen molar-refractivity contribution in [1.82, 2.24) is 5.32 Å². The van der Waals surface area contributed by atoms with Crippen molar-refractivity contribution in [3.63, 3.8) is 0 Å². The lowest BCUT2D eigenvalue weighted by molar-refractivity contribution is 0.0696. The quantitative estimate of drug-likeness (QED) is 0.914. The number of fused-ring (bicyclic) bond motifs is 1. The van der Waals surface area contributed by atoms with Gasteiger partial charge in [0, 0.05) is 10.4 Å². The Bertz CT molecular complexity index is 675. The van der Waals surface area contributed by atoms with Crippen molar-refractivity contribution in [2.75, 3.05) is 0 Å². The SMILES string of the molecule is O=C(O)c1ccc(C(=O)NC2CCCc3sccc32)cc1. The Hall–Kier alpha value is -2.14. The molecule has 0 spiro atoms. The predicted molar refractivity (Wildman–Crippen MR) is 80.9 cm³/mol. The summed E-state index contributed by atoms with van der Waals surface area (Å²) in [5.41, 5.74) is 1.90. The zero-order valence-electron chi connectivity index (χ0n) is 11.3. The number of carbonyl (C=O) groups excluding carboxylic acids is 1. The first-order chi connectivity index (χ1) is 10.1. The van der Waals surface area contributed by atoms with E-state index in [2.05, 4.69) is 16.8 Å². The van der Waals surface area contributed by atoms with E-state index in [-0.39, 0.29) is 17.5 Å². The fourth-order valence-corrected chi connectivity index (χ4v) is 3.63. The van der Waals surface area contributed by atoms with Crippen LogP contribution in [0.5, 0.6) is 0 Å². The minimum absolute atomic E-state index is 0.0617. The Morgan fingerprint density at radius 2 is 1.86 bits per heavy atom. The minimum Gasteiger partial charge on any atom is -0.478 e. The summed E-state index contributed by atoms with van der Waals surface area (Å²) in [6.07, 6.45) is 3.12. The van der Waals surface area contributed by atoms with Crippen molar-refractivity contribution in [1.29, 1.82) is 0 Å². The highest BCUT2D eigenvalue weighted by molar-refractivity contribution is 7.10. The molecule has 5 heteroatoms. The van der Waals surface area contributed by atoms with Gasteiger partial charge in [0.25, 0.3) is 5.91 Å². The van der Waals surface area contributed by atoms with E-state index in [1.165, 1.54) is 22.6 Å². The Morgan fingerprint density at radius 3 is 2.57 bits per heavy atom. The molecule has 1 amide bonds. The van der Waals surface area contributed by atoms with Gasteiger partial charge in [0.15, 0.2) is 0 Å². The Kier molecular flexibility index (Phi) is 3.75. The molecule has 0 fully saturated rings. The molecule has 3 rings (SSSR count). The highest BCUT2D eigenvalue weighted by Crippen LogP contribution is 2.33. The zero-order valence-corrected chi connectivity index (χ0v) is 12.2. The smallest absolute Gasteiger partial charge is 0.335 e. The molecular weight excluding hydrogens is 286 g/mol. The fourth-order valence-electron chi connectivity index (χ4n) is 2.64. The third-order valence-electron chi connectivity index (χ3n) is 3.75. The van der Waals surface area contributed by atoms with E-state index in [1.807, 2.05) is 0 Å². The normalized spacial score (nSPS) is 17.0. The van der Waals surface area contributed by atoms with Crippen LogP contribution in [0, 0.1) is 0 Å². The highest BCUT2D eigenvalue weighted by Gasteiger charge is 2.23. The number of hydrogen-bond donors (Lipinski definition) is 2. The standard InChI is InChI=1S/C16H15NO3S/c18-15(10-4-6-11(7-5-10)16(19)20)17-13-2-1-3-14-12(13)8-9-21-14/h4-9,13H,1-3H2,(H,17,18)(H,19,20). The maximum atomic E-state index is 12.3. The molecule has 0 aliphatic heterocycles. The van der Waals surface area contributed by atoms with Gasteiger partial charge < -0.3 is 10.4 Å². The molecule has 1 aliphatic carbocycles. The number of nitrogens with one attached hydrogen (secondary N) is 1. The molecule has 1 unspecified atom stereocenters. The van der Waals surface area contributed by atoms with Gasteiger partial charge in [-0.2, -0.15) is 0 Å². The van der Waals surface area contributed by atoms with Crippen molar-refractivity contribution < 1.29 is 14.7 Å². The first-order valence-corrected chi connectivity index (χ1v) is 7.73. The number of aryl methyl sites for hydroxylation is 1. The van der Waals surface area contributed by atoms with Crippen LogP contribution in [-0.2, 0) is 6.42 Å². The van der Waals surface area contributed by atoms with Crippen molar-refractivity contribution >= 4 is 23.2 Å². The molecule has 21 heavy (non-hydrogen) atoms. The number of amides is 1. The molecule has 2 aromatic rings. The average molecular weight is 301 g/mol. The Labute approximate surface area is 126 Å². The molecule has 0 bridgehead atoms. The van der Waals surface area contributed by atoms with E-state index < -0.39 is 5.97 Å². The van der Waals surface area contributed by atoms with E-state index in [0.29, 0.717) is 5.56 Å². The van der Waals surface area contributed by atoms with Crippen LogP contribution in [0.1, 0.15) is 50.0 Å². The number of carboxylic acid groups (broad SMARTS) is 1. The molecule has 0 radical (unpaired) electrons. The van der Waals surface area contributed by atoms with E-state index in [4.69, 9.17) is 5.11 Å². The van der Waals surface area contributed by atoms with Crippen LogP contribution in [0.3, 0.4) is 0 Å². The molecule has 4 nitrogen and oxygen atoms in total. The second-order valence-electron chi connectivity index (χ2n) is 5.10. The lowest BCUT2D eigenvalue weighted by Crippen LogP contribution is -2.30. The van der Waals surface area contributed by atoms with E-state index in [0.717, 1.165) is 19.3 Å². The summed E-state index contributed by atoms with van der Waals surface area (Å²) in [6.45, 7) is 0. The first-order valence-electron chi connectivity index (χ1n) is 6.85. The topological polar surface area (TPSA) is 66.4 Å². The van der Waals surface area contributed by atoms with Crippen LogP contribution >= 0.6 is 11.3 Å². The van der Waals surface area contributed by atoms with Gasteiger partial charge in [0.1, 0.15) is 0 Å². The molecule has 1 aliphatic rings. The second kappa shape index (κ2) is 5.69. The van der Waals surface area contributed by atoms with Crippen LogP contribution in [0.25, 0.3) is 0 Å². The molecular formula is C16H15NO3S. The van der Waals surface area contributed by atoms with Crippen molar-refractivity contribution in [3.8, 4) is 0 Å². The minimum atomic E-state index is -0.989. The third kappa shape index (κ3) is 2.83. The van der Waals surface area contributed by atoms with Crippen molar-refractivity contribution in [3.05, 3.63) is 57.3 Å². The summed E-state index contributed by atoms with van der Waals surface area (Å²) in [7, 11) is 0. The number of hydrogen-bond acceptors (Lipinski definition) is 3. The molecule has 108 valence electrons. The summed E-state index contributed by atoms with van der Waals surface area (Å²) >= 11 is 1.74. The summed E-state index contributed by atoms with van der Waals surface area (Å²) in [5, 5.41) is 14.0. The molecule has 1 aromatic carbocycles. The maximum Gasteiger partial charge on any atom is 0.335 e. The van der Waals surface area contributed by atoms with Gasteiger partial charge in [0.05, 0.1) is 11.6 Å². The van der Waals surface area contributed by atoms with Crippen LogP contribution in [0.2, 0.25) is 0 Å². The molecule has 0 saturated heterocycles. The molecule has 1 aromatic heterocycles. The number of carbonyl (C=O) groups is 2. The molecule has 1 heterocycles. The van der Waals surface area contributed by atoms with E-state index >= 15 is 0 Å². The number of carboxylic acids is 1. The second-order valence-corrected chi connectivity index (χ2v) is 6.10. The van der Waals surface area contributed by atoms with Crippen molar-refractivity contribution in [2.45, 2.75) is 25.3 Å². The van der Waals surface area contributed by atoms with E-state index in [9.17, 15) is 9.59 Å². The largest absolute Gasteiger partial charge is 0.478 e. The summed E-state index contributed by atoms with van der Waals surface area (Å²) in [5.74, 6) is -1.15. The Balaban J connectivity index is 1.74. The highest BCUT2D eigenvalue weighted by atomic mass is 32.1. The molecule has 1 atom stereocenters. The number of benzene rings is 1. The van der Waals surface area contributed by atoms with Gasteiger partial charge in [-0.05, 0) is 60.5 Å². The monoisotopic (exact) mass is 301 g/mol. The summed E-state index contributed by atoms with van der Waals surface area (Å²) < 4.78 is 0. The van der Waals surface area contributed by atoms with Gasteiger partial charge in [-0.15, -0.1) is 11.3 Å². The number of rotatable bonds is 3. The number of thiophene rings is 1. The van der Waals surface area contributed by atoms with Crippen LogP contribution < -0.4 is 5.32 Å². The average Bonchev–Trinajstić information content (AvgIpc) is 2.97. The van der Waals surface area contributed by atoms with Crippen LogP contribution in [0.15, 0.2) is 35.7 Å². The van der Waals surface area contributed by atoms with Crippen molar-refractivity contribution in [2.24, 2.45) is 0 Å². The summed E-state index contributed by atoms with van der Waals surface area (Å²) in [4.78, 5) is 24.4. The maximum absolute atomic E-state index is 12.3. The van der Waals surface area contributed by atoms with Gasteiger partial charge in [-0.25, -0.2) is 4.79 Å². The number of aromatic carboxylic acids is 1.